The molecule has 1 aliphatic carbocycles. The molecule has 1 amide bonds. The monoisotopic (exact) mass is 279 g/mol. The summed E-state index contributed by atoms with van der Waals surface area (Å²) in [5, 5.41) is 17.2. The van der Waals surface area contributed by atoms with Gasteiger partial charge in [-0.25, -0.2) is 0 Å². The van der Waals surface area contributed by atoms with Crippen molar-refractivity contribution in [2.75, 3.05) is 19.8 Å². The highest BCUT2D eigenvalue weighted by molar-refractivity contribution is 5.92. The van der Waals surface area contributed by atoms with Crippen LogP contribution in [0.25, 0.3) is 0 Å². The lowest BCUT2D eigenvalue weighted by atomic mass is 10.0. The fourth-order valence-electron chi connectivity index (χ4n) is 2.90. The molecule has 6 nitrogen and oxygen atoms in total. The van der Waals surface area contributed by atoms with Crippen LogP contribution in [-0.4, -0.2) is 46.2 Å². The molecule has 1 aromatic rings. The minimum absolute atomic E-state index is 0.210. The molecule has 1 atom stereocenters. The second-order valence-corrected chi connectivity index (χ2v) is 5.83. The quantitative estimate of drug-likeness (QED) is 0.858. The van der Waals surface area contributed by atoms with Gasteiger partial charge >= 0.3 is 0 Å². The van der Waals surface area contributed by atoms with Gasteiger partial charge in [0.05, 0.1) is 12.6 Å². The van der Waals surface area contributed by atoms with Crippen LogP contribution in [0.2, 0.25) is 0 Å². The average Bonchev–Trinajstić information content (AvgIpc) is 3.16. The molecule has 1 aromatic heterocycles. The van der Waals surface area contributed by atoms with Gasteiger partial charge in [0.15, 0.2) is 0 Å². The highest BCUT2D eigenvalue weighted by Crippen LogP contribution is 2.28. The second kappa shape index (κ2) is 5.54. The van der Waals surface area contributed by atoms with Crippen molar-refractivity contribution in [2.45, 2.75) is 43.7 Å². The number of amides is 1. The molecule has 2 heterocycles. The SMILES string of the molecule is O=C(NC[C@@]1(O)CCOC1)c1ccn(C2CCCC2)n1. The maximum atomic E-state index is 12.0. The smallest absolute Gasteiger partial charge is 0.271 e. The van der Waals surface area contributed by atoms with Gasteiger partial charge in [0.2, 0.25) is 0 Å². The first-order valence-electron chi connectivity index (χ1n) is 7.30. The van der Waals surface area contributed by atoms with Crippen LogP contribution in [0.1, 0.15) is 48.6 Å². The third kappa shape index (κ3) is 2.86. The Morgan fingerprint density at radius 1 is 1.55 bits per heavy atom. The molecule has 2 aliphatic rings. The van der Waals surface area contributed by atoms with Gasteiger partial charge in [0, 0.05) is 25.8 Å². The Kier molecular flexibility index (Phi) is 3.76. The number of carbonyl (C=O) groups is 1. The molecule has 6 heteroatoms. The molecule has 110 valence electrons. The van der Waals surface area contributed by atoms with Crippen LogP contribution in [-0.2, 0) is 4.74 Å². The summed E-state index contributed by atoms with van der Waals surface area (Å²) in [4.78, 5) is 12.0. The van der Waals surface area contributed by atoms with Crippen molar-refractivity contribution in [2.24, 2.45) is 0 Å². The summed E-state index contributed by atoms with van der Waals surface area (Å²) in [6.45, 7) is 1.04. The molecule has 2 N–H and O–H groups in total. The maximum Gasteiger partial charge on any atom is 0.271 e. The Bertz CT molecular complexity index is 474. The number of aliphatic hydroxyl groups is 1. The number of nitrogens with zero attached hydrogens (tertiary/aromatic N) is 2. The van der Waals surface area contributed by atoms with E-state index in [1.54, 1.807) is 6.07 Å². The number of ether oxygens (including phenoxy) is 1. The van der Waals surface area contributed by atoms with Crippen molar-refractivity contribution >= 4 is 5.91 Å². The summed E-state index contributed by atoms with van der Waals surface area (Å²) < 4.78 is 7.05. The fraction of sp³-hybridized carbons (Fsp3) is 0.714. The Morgan fingerprint density at radius 3 is 3.05 bits per heavy atom. The predicted molar refractivity (Wildman–Crippen MR) is 72.5 cm³/mol. The van der Waals surface area contributed by atoms with E-state index in [-0.39, 0.29) is 19.1 Å². The number of hydrogen-bond acceptors (Lipinski definition) is 4. The third-order valence-corrected chi connectivity index (χ3v) is 4.20. The first-order valence-corrected chi connectivity index (χ1v) is 7.30. The van der Waals surface area contributed by atoms with Crippen LogP contribution >= 0.6 is 0 Å². The lowest BCUT2D eigenvalue weighted by Gasteiger charge is -2.20. The number of hydrogen-bond donors (Lipinski definition) is 2. The van der Waals surface area contributed by atoms with Crippen molar-refractivity contribution < 1.29 is 14.6 Å². The normalized spacial score (nSPS) is 27.1. The van der Waals surface area contributed by atoms with Crippen LogP contribution in [0, 0.1) is 0 Å². The van der Waals surface area contributed by atoms with Gasteiger partial charge in [-0.1, -0.05) is 12.8 Å². The predicted octanol–water partition coefficient (Wildman–Crippen LogP) is 0.879. The van der Waals surface area contributed by atoms with Crippen molar-refractivity contribution in [1.82, 2.24) is 15.1 Å². The van der Waals surface area contributed by atoms with Gasteiger partial charge in [-0.3, -0.25) is 9.48 Å². The number of nitrogens with one attached hydrogen (secondary N) is 1. The highest BCUT2D eigenvalue weighted by atomic mass is 16.5. The zero-order valence-corrected chi connectivity index (χ0v) is 11.5. The van der Waals surface area contributed by atoms with E-state index in [9.17, 15) is 9.90 Å². The van der Waals surface area contributed by atoms with Gasteiger partial charge < -0.3 is 15.2 Å². The first-order chi connectivity index (χ1) is 9.66. The minimum atomic E-state index is -0.927. The van der Waals surface area contributed by atoms with Crippen LogP contribution in [0.5, 0.6) is 0 Å². The number of aromatic nitrogens is 2. The molecule has 1 saturated heterocycles. The van der Waals surface area contributed by atoms with E-state index in [0.29, 0.717) is 24.8 Å². The summed E-state index contributed by atoms with van der Waals surface area (Å²) in [5.74, 6) is -0.234. The Hall–Kier alpha value is -1.40. The van der Waals surface area contributed by atoms with Crippen LogP contribution in [0.15, 0.2) is 12.3 Å². The number of carbonyl (C=O) groups excluding carboxylic acids is 1. The zero-order valence-electron chi connectivity index (χ0n) is 11.5. The fourth-order valence-corrected chi connectivity index (χ4v) is 2.90. The van der Waals surface area contributed by atoms with E-state index in [2.05, 4.69) is 10.4 Å². The van der Waals surface area contributed by atoms with Crippen LogP contribution < -0.4 is 5.32 Å². The largest absolute Gasteiger partial charge is 0.386 e. The lowest BCUT2D eigenvalue weighted by Crippen LogP contribution is -2.43. The Labute approximate surface area is 118 Å². The van der Waals surface area contributed by atoms with Crippen LogP contribution in [0.4, 0.5) is 0 Å². The van der Waals surface area contributed by atoms with Crippen molar-refractivity contribution in [3.05, 3.63) is 18.0 Å². The molecule has 20 heavy (non-hydrogen) atoms. The zero-order chi connectivity index (χ0) is 14.0. The van der Waals surface area contributed by atoms with E-state index >= 15 is 0 Å². The molecule has 2 fully saturated rings. The molecule has 0 radical (unpaired) electrons. The highest BCUT2D eigenvalue weighted by Gasteiger charge is 2.32. The summed E-state index contributed by atoms with van der Waals surface area (Å²) in [6.07, 6.45) is 7.18. The molecular formula is C14H21N3O3. The standard InChI is InChI=1S/C14H21N3O3/c18-13(15-9-14(19)6-8-20-10-14)12-5-7-17(16-12)11-3-1-2-4-11/h5,7,11,19H,1-4,6,8-10H2,(H,15,18)/t14-/m0/s1. The van der Waals surface area contributed by atoms with Gasteiger partial charge in [0.1, 0.15) is 11.3 Å². The van der Waals surface area contributed by atoms with E-state index < -0.39 is 5.60 Å². The van der Waals surface area contributed by atoms with Gasteiger partial charge in [0.25, 0.3) is 5.91 Å². The molecule has 0 unspecified atom stereocenters. The first kappa shape index (κ1) is 13.6. The van der Waals surface area contributed by atoms with E-state index in [4.69, 9.17) is 4.74 Å². The van der Waals surface area contributed by atoms with Gasteiger partial charge in [-0.15, -0.1) is 0 Å². The van der Waals surface area contributed by atoms with E-state index in [0.717, 1.165) is 12.8 Å². The van der Waals surface area contributed by atoms with Crippen LogP contribution in [0.3, 0.4) is 0 Å². The molecule has 3 rings (SSSR count). The molecule has 1 aliphatic heterocycles. The summed E-state index contributed by atoms with van der Waals surface area (Å²) in [6, 6.07) is 2.17. The topological polar surface area (TPSA) is 76.4 Å². The van der Waals surface area contributed by atoms with Crippen molar-refractivity contribution in [3.63, 3.8) is 0 Å². The molecule has 1 saturated carbocycles. The summed E-state index contributed by atoms with van der Waals surface area (Å²) >= 11 is 0. The van der Waals surface area contributed by atoms with Gasteiger partial charge in [-0.2, -0.15) is 5.10 Å². The molecule has 0 aromatic carbocycles. The third-order valence-electron chi connectivity index (χ3n) is 4.20. The summed E-state index contributed by atoms with van der Waals surface area (Å²) in [5.41, 5.74) is -0.511. The van der Waals surface area contributed by atoms with Crippen molar-refractivity contribution in [3.8, 4) is 0 Å². The maximum absolute atomic E-state index is 12.0. The van der Waals surface area contributed by atoms with Crippen molar-refractivity contribution in [1.29, 1.82) is 0 Å². The second-order valence-electron chi connectivity index (χ2n) is 5.83. The van der Waals surface area contributed by atoms with E-state index in [1.807, 2.05) is 10.9 Å². The Morgan fingerprint density at radius 2 is 2.35 bits per heavy atom. The molecule has 0 bridgehead atoms. The van der Waals surface area contributed by atoms with Gasteiger partial charge in [-0.05, 0) is 18.9 Å². The molecule has 0 spiro atoms. The average molecular weight is 279 g/mol. The molecular weight excluding hydrogens is 258 g/mol. The lowest BCUT2D eigenvalue weighted by molar-refractivity contribution is 0.0264. The minimum Gasteiger partial charge on any atom is -0.386 e. The van der Waals surface area contributed by atoms with E-state index in [1.165, 1.54) is 12.8 Å². The summed E-state index contributed by atoms with van der Waals surface area (Å²) in [7, 11) is 0. The number of rotatable bonds is 4. The Balaban J connectivity index is 1.57.